The third kappa shape index (κ3) is 2.51. The maximum Gasteiger partial charge on any atom is 0.0661 e. The third-order valence-corrected chi connectivity index (χ3v) is 3.81. The van der Waals surface area contributed by atoms with Gasteiger partial charge in [-0.05, 0) is 12.0 Å². The average Bonchev–Trinajstić information content (AvgIpc) is 2.79. The van der Waals surface area contributed by atoms with Crippen molar-refractivity contribution in [3.05, 3.63) is 35.9 Å². The molecule has 2 fully saturated rings. The Hall–Kier alpha value is -0.900. The minimum Gasteiger partial charge on any atom is -0.379 e. The van der Waals surface area contributed by atoms with Gasteiger partial charge in [-0.2, -0.15) is 0 Å². The lowest BCUT2D eigenvalue weighted by Gasteiger charge is -2.40. The summed E-state index contributed by atoms with van der Waals surface area (Å²) in [5, 5.41) is 3.64. The topological polar surface area (TPSA) is 24.5 Å². The fourth-order valence-electron chi connectivity index (χ4n) is 2.89. The van der Waals surface area contributed by atoms with Crippen LogP contribution in [-0.4, -0.2) is 43.3 Å². The van der Waals surface area contributed by atoms with Gasteiger partial charge in [0.05, 0.1) is 12.1 Å². The number of benzene rings is 1. The molecule has 0 bridgehead atoms. The van der Waals surface area contributed by atoms with E-state index in [1.54, 1.807) is 0 Å². The van der Waals surface area contributed by atoms with Crippen molar-refractivity contribution in [2.45, 2.75) is 18.5 Å². The molecule has 1 N–H and O–H groups in total. The first-order chi connectivity index (χ1) is 8.36. The van der Waals surface area contributed by atoms with Crippen molar-refractivity contribution in [1.29, 1.82) is 0 Å². The Morgan fingerprint density at radius 3 is 2.94 bits per heavy atom. The van der Waals surface area contributed by atoms with Crippen LogP contribution in [0.3, 0.4) is 0 Å². The molecule has 1 spiro atoms. The number of nitrogens with zero attached hydrogens (tertiary/aromatic N) is 1. The Bertz CT molecular complexity index is 360. The fraction of sp³-hybridized carbons (Fsp3) is 0.571. The predicted molar refractivity (Wildman–Crippen MR) is 67.9 cm³/mol. The second-order valence-electron chi connectivity index (χ2n) is 5.21. The summed E-state index contributed by atoms with van der Waals surface area (Å²) in [4.78, 5) is 2.54. The van der Waals surface area contributed by atoms with Gasteiger partial charge in [-0.25, -0.2) is 0 Å². The van der Waals surface area contributed by atoms with Crippen LogP contribution >= 0.6 is 0 Å². The van der Waals surface area contributed by atoms with Crippen LogP contribution in [0.1, 0.15) is 12.0 Å². The first-order valence-corrected chi connectivity index (χ1v) is 6.45. The SMILES string of the molecule is c1ccc(CN2CCN[C@]3(CCOC3)C2)cc1. The second-order valence-corrected chi connectivity index (χ2v) is 5.21. The van der Waals surface area contributed by atoms with Gasteiger partial charge in [0.15, 0.2) is 0 Å². The van der Waals surface area contributed by atoms with Gasteiger partial charge in [-0.1, -0.05) is 30.3 Å². The molecule has 1 aromatic rings. The van der Waals surface area contributed by atoms with Crippen LogP contribution in [0, 0.1) is 0 Å². The van der Waals surface area contributed by atoms with Crippen molar-refractivity contribution in [2.75, 3.05) is 32.8 Å². The zero-order chi connectivity index (χ0) is 11.6. The van der Waals surface area contributed by atoms with Gasteiger partial charge in [-0.3, -0.25) is 4.90 Å². The van der Waals surface area contributed by atoms with Crippen LogP contribution in [0.2, 0.25) is 0 Å². The standard InChI is InChI=1S/C14H20N2O/c1-2-4-13(5-3-1)10-16-8-7-15-14(11-16)6-9-17-12-14/h1-5,15H,6-12H2/t14-/m1/s1. The highest BCUT2D eigenvalue weighted by atomic mass is 16.5. The zero-order valence-electron chi connectivity index (χ0n) is 10.2. The van der Waals surface area contributed by atoms with E-state index in [0.29, 0.717) is 0 Å². The highest BCUT2D eigenvalue weighted by molar-refractivity contribution is 5.15. The Labute approximate surface area is 103 Å². The molecule has 2 aliphatic rings. The van der Waals surface area contributed by atoms with Gasteiger partial charge in [0.1, 0.15) is 0 Å². The fourth-order valence-corrected chi connectivity index (χ4v) is 2.89. The number of ether oxygens (including phenoxy) is 1. The number of hydrogen-bond acceptors (Lipinski definition) is 3. The van der Waals surface area contributed by atoms with Crippen LogP contribution in [0.4, 0.5) is 0 Å². The van der Waals surface area contributed by atoms with E-state index < -0.39 is 0 Å². The Kier molecular flexibility index (Phi) is 3.14. The molecule has 2 saturated heterocycles. The van der Waals surface area contributed by atoms with Crippen LogP contribution in [0.5, 0.6) is 0 Å². The molecule has 2 heterocycles. The van der Waals surface area contributed by atoms with Gasteiger partial charge >= 0.3 is 0 Å². The maximum absolute atomic E-state index is 5.55. The molecule has 0 amide bonds. The van der Waals surface area contributed by atoms with Crippen molar-refractivity contribution in [2.24, 2.45) is 0 Å². The lowest BCUT2D eigenvalue weighted by molar-refractivity contribution is 0.101. The van der Waals surface area contributed by atoms with Crippen LogP contribution in [-0.2, 0) is 11.3 Å². The summed E-state index contributed by atoms with van der Waals surface area (Å²) in [6, 6.07) is 10.7. The Balaban J connectivity index is 1.64. The molecule has 0 aliphatic carbocycles. The quantitative estimate of drug-likeness (QED) is 0.830. The van der Waals surface area contributed by atoms with E-state index in [9.17, 15) is 0 Å². The number of rotatable bonds is 2. The lowest BCUT2D eigenvalue weighted by atomic mass is 9.95. The number of piperazine rings is 1. The molecular weight excluding hydrogens is 212 g/mol. The lowest BCUT2D eigenvalue weighted by Crippen LogP contribution is -2.60. The molecule has 0 saturated carbocycles. The summed E-state index contributed by atoms with van der Waals surface area (Å²) < 4.78 is 5.55. The molecule has 92 valence electrons. The largest absolute Gasteiger partial charge is 0.379 e. The normalized spacial score (nSPS) is 29.9. The Morgan fingerprint density at radius 2 is 2.18 bits per heavy atom. The third-order valence-electron chi connectivity index (χ3n) is 3.81. The molecule has 2 aliphatic heterocycles. The molecule has 1 atom stereocenters. The summed E-state index contributed by atoms with van der Waals surface area (Å²) in [6.07, 6.45) is 1.15. The molecule has 1 aromatic carbocycles. The number of nitrogens with one attached hydrogen (secondary N) is 1. The van der Waals surface area contributed by atoms with E-state index >= 15 is 0 Å². The van der Waals surface area contributed by atoms with Gasteiger partial charge < -0.3 is 10.1 Å². The molecule has 0 aromatic heterocycles. The predicted octanol–water partition coefficient (Wildman–Crippen LogP) is 1.25. The Morgan fingerprint density at radius 1 is 1.29 bits per heavy atom. The van der Waals surface area contributed by atoms with Gasteiger partial charge in [0, 0.05) is 32.8 Å². The van der Waals surface area contributed by atoms with Crippen molar-refractivity contribution < 1.29 is 4.74 Å². The molecule has 0 radical (unpaired) electrons. The smallest absolute Gasteiger partial charge is 0.0661 e. The van der Waals surface area contributed by atoms with Crippen LogP contribution < -0.4 is 5.32 Å². The van der Waals surface area contributed by atoms with E-state index in [1.165, 1.54) is 5.56 Å². The van der Waals surface area contributed by atoms with Crippen molar-refractivity contribution in [1.82, 2.24) is 10.2 Å². The molecular formula is C14H20N2O. The van der Waals surface area contributed by atoms with Crippen LogP contribution in [0.25, 0.3) is 0 Å². The number of hydrogen-bond donors (Lipinski definition) is 1. The summed E-state index contributed by atoms with van der Waals surface area (Å²) in [5.74, 6) is 0. The molecule has 3 heteroatoms. The van der Waals surface area contributed by atoms with E-state index in [-0.39, 0.29) is 5.54 Å². The van der Waals surface area contributed by atoms with Crippen molar-refractivity contribution in [3.63, 3.8) is 0 Å². The van der Waals surface area contributed by atoms with Gasteiger partial charge in [0.2, 0.25) is 0 Å². The first-order valence-electron chi connectivity index (χ1n) is 6.45. The highest BCUT2D eigenvalue weighted by Crippen LogP contribution is 2.23. The molecule has 0 unspecified atom stereocenters. The summed E-state index contributed by atoms with van der Waals surface area (Å²) in [7, 11) is 0. The van der Waals surface area contributed by atoms with Gasteiger partial charge in [-0.15, -0.1) is 0 Å². The summed E-state index contributed by atoms with van der Waals surface area (Å²) >= 11 is 0. The minimum atomic E-state index is 0.229. The monoisotopic (exact) mass is 232 g/mol. The zero-order valence-corrected chi connectivity index (χ0v) is 10.2. The minimum absolute atomic E-state index is 0.229. The second kappa shape index (κ2) is 4.77. The van der Waals surface area contributed by atoms with Gasteiger partial charge in [0.25, 0.3) is 0 Å². The summed E-state index contributed by atoms with van der Waals surface area (Å²) in [5.41, 5.74) is 1.64. The summed E-state index contributed by atoms with van der Waals surface area (Å²) in [6.45, 7) is 6.17. The first kappa shape index (κ1) is 11.2. The average molecular weight is 232 g/mol. The maximum atomic E-state index is 5.55. The van der Waals surface area contributed by atoms with E-state index in [2.05, 4.69) is 40.5 Å². The molecule has 3 rings (SSSR count). The molecule has 17 heavy (non-hydrogen) atoms. The van der Waals surface area contributed by atoms with E-state index in [4.69, 9.17) is 4.74 Å². The van der Waals surface area contributed by atoms with E-state index in [0.717, 1.165) is 45.8 Å². The highest BCUT2D eigenvalue weighted by Gasteiger charge is 2.38. The van der Waals surface area contributed by atoms with Crippen molar-refractivity contribution >= 4 is 0 Å². The van der Waals surface area contributed by atoms with Crippen molar-refractivity contribution in [3.8, 4) is 0 Å². The van der Waals surface area contributed by atoms with Crippen LogP contribution in [0.15, 0.2) is 30.3 Å². The van der Waals surface area contributed by atoms with E-state index in [1.807, 2.05) is 0 Å². The molecule has 3 nitrogen and oxygen atoms in total.